The first kappa shape index (κ1) is 76.2. The van der Waals surface area contributed by atoms with E-state index in [-0.39, 0.29) is 13.0 Å². The lowest BCUT2D eigenvalue weighted by molar-refractivity contribution is -0.305. The molecule has 1 amide bonds. The number of esters is 1. The van der Waals surface area contributed by atoms with Crippen LogP contribution in [0.15, 0.2) is 24.3 Å². The van der Waals surface area contributed by atoms with Gasteiger partial charge in [-0.2, -0.15) is 0 Å². The number of hydrogen-bond acceptors (Lipinski definition) is 10. The summed E-state index contributed by atoms with van der Waals surface area (Å²) < 4.78 is 17.7. The summed E-state index contributed by atoms with van der Waals surface area (Å²) in [6.07, 6.45) is 57.9. The number of amides is 1. The molecule has 8 atom stereocenters. The molecule has 0 aromatic carbocycles. The molecule has 1 rings (SSSR count). The van der Waals surface area contributed by atoms with E-state index in [9.17, 15) is 35.1 Å². The third-order valence-corrected chi connectivity index (χ3v) is 16.6. The van der Waals surface area contributed by atoms with E-state index in [1.54, 1.807) is 6.08 Å². The second-order valence-electron chi connectivity index (χ2n) is 24.3. The molecular formula is C69H131NO10. The van der Waals surface area contributed by atoms with E-state index in [4.69, 9.17) is 14.2 Å². The average Bonchev–Trinajstić information content (AvgIpc) is 3.45. The van der Waals surface area contributed by atoms with Crippen LogP contribution in [0.1, 0.15) is 342 Å². The molecule has 1 saturated heterocycles. The third kappa shape index (κ3) is 44.6. The first-order valence-corrected chi connectivity index (χ1v) is 34.6. The average molecular weight is 1130 g/mol. The van der Waals surface area contributed by atoms with E-state index in [1.807, 2.05) is 6.08 Å². The molecule has 11 nitrogen and oxygen atoms in total. The summed E-state index contributed by atoms with van der Waals surface area (Å²) in [5.74, 6) is -1.18. The zero-order valence-electron chi connectivity index (χ0n) is 52.5. The highest BCUT2D eigenvalue weighted by molar-refractivity contribution is 5.80. The molecule has 0 aromatic rings. The Bertz CT molecular complexity index is 1400. The fourth-order valence-corrected chi connectivity index (χ4v) is 11.1. The Labute approximate surface area is 492 Å². The Kier molecular flexibility index (Phi) is 54.8. The van der Waals surface area contributed by atoms with Gasteiger partial charge in [-0.1, -0.05) is 308 Å². The molecular weight excluding hydrogens is 1000 g/mol. The third-order valence-electron chi connectivity index (χ3n) is 16.6. The molecule has 0 radical (unpaired) electrons. The predicted octanol–water partition coefficient (Wildman–Crippen LogP) is 17.2. The van der Waals surface area contributed by atoms with Gasteiger partial charge >= 0.3 is 5.97 Å². The Hall–Kier alpha value is -1.86. The van der Waals surface area contributed by atoms with E-state index < -0.39 is 67.4 Å². The van der Waals surface area contributed by atoms with Gasteiger partial charge in [0.1, 0.15) is 24.4 Å². The number of hydrogen-bond donors (Lipinski definition) is 6. The minimum Gasteiger partial charge on any atom is -0.454 e. The van der Waals surface area contributed by atoms with Crippen molar-refractivity contribution in [2.45, 2.75) is 391 Å². The number of aliphatic hydroxyl groups is 5. The van der Waals surface area contributed by atoms with Gasteiger partial charge in [0, 0.05) is 6.42 Å². The summed E-state index contributed by atoms with van der Waals surface area (Å²) in [7, 11) is 0. The van der Waals surface area contributed by atoms with E-state index >= 15 is 0 Å². The minimum absolute atomic E-state index is 0.130. The second-order valence-corrected chi connectivity index (χ2v) is 24.3. The molecule has 6 N–H and O–H groups in total. The van der Waals surface area contributed by atoms with Crippen molar-refractivity contribution in [3.05, 3.63) is 24.3 Å². The van der Waals surface area contributed by atoms with Crippen molar-refractivity contribution in [1.82, 2.24) is 5.32 Å². The number of ether oxygens (including phenoxy) is 3. The summed E-state index contributed by atoms with van der Waals surface area (Å²) in [6, 6.07) is -1.02. The molecule has 1 aliphatic rings. The number of rotatable bonds is 60. The van der Waals surface area contributed by atoms with Crippen LogP contribution in [0.25, 0.3) is 0 Å². The van der Waals surface area contributed by atoms with Crippen molar-refractivity contribution in [2.75, 3.05) is 13.2 Å². The van der Waals surface area contributed by atoms with Crippen LogP contribution in [0.3, 0.4) is 0 Å². The summed E-state index contributed by atoms with van der Waals surface area (Å²) in [6.45, 7) is 5.84. The van der Waals surface area contributed by atoms with Gasteiger partial charge in [-0.05, 0) is 51.4 Å². The first-order chi connectivity index (χ1) is 39.2. The van der Waals surface area contributed by atoms with Crippen LogP contribution in [0.5, 0.6) is 0 Å². The fourth-order valence-electron chi connectivity index (χ4n) is 11.1. The lowest BCUT2D eigenvalue weighted by atomic mass is 9.99. The smallest absolute Gasteiger partial charge is 0.306 e. The number of unbranched alkanes of at least 4 members (excludes halogenated alkanes) is 44. The van der Waals surface area contributed by atoms with Crippen molar-refractivity contribution < 1.29 is 49.3 Å². The van der Waals surface area contributed by atoms with Crippen LogP contribution in [0, 0.1) is 0 Å². The predicted molar refractivity (Wildman–Crippen MR) is 334 cm³/mol. The number of aliphatic hydroxyl groups excluding tert-OH is 5. The highest BCUT2D eigenvalue weighted by Crippen LogP contribution is 2.26. The highest BCUT2D eigenvalue weighted by atomic mass is 16.7. The van der Waals surface area contributed by atoms with E-state index in [1.165, 1.54) is 238 Å². The quantitative estimate of drug-likeness (QED) is 0.0195. The molecule has 11 heteroatoms. The van der Waals surface area contributed by atoms with Gasteiger partial charge in [-0.3, -0.25) is 9.59 Å². The molecule has 1 heterocycles. The van der Waals surface area contributed by atoms with Crippen LogP contribution in [-0.4, -0.2) is 99.6 Å². The van der Waals surface area contributed by atoms with Crippen molar-refractivity contribution in [1.29, 1.82) is 0 Å². The maximum Gasteiger partial charge on any atom is 0.306 e. The topological polar surface area (TPSA) is 175 Å². The van der Waals surface area contributed by atoms with Crippen LogP contribution in [-0.2, 0) is 23.8 Å². The van der Waals surface area contributed by atoms with Crippen molar-refractivity contribution >= 4 is 11.9 Å². The molecule has 8 unspecified atom stereocenters. The van der Waals surface area contributed by atoms with Crippen LogP contribution >= 0.6 is 0 Å². The lowest BCUT2D eigenvalue weighted by Crippen LogP contribution is -2.61. The molecule has 0 aliphatic carbocycles. The fraction of sp³-hybridized carbons (Fsp3) is 0.913. The summed E-state index contributed by atoms with van der Waals surface area (Å²) >= 11 is 0. The van der Waals surface area contributed by atoms with Gasteiger partial charge in [-0.25, -0.2) is 0 Å². The molecule has 80 heavy (non-hydrogen) atoms. The van der Waals surface area contributed by atoms with E-state index in [0.717, 1.165) is 57.8 Å². The van der Waals surface area contributed by atoms with Gasteiger partial charge in [0.2, 0.25) is 5.91 Å². The monoisotopic (exact) mass is 1130 g/mol. The second kappa shape index (κ2) is 57.6. The molecule has 0 spiro atoms. The maximum atomic E-state index is 13.5. The van der Waals surface area contributed by atoms with Gasteiger partial charge in [0.05, 0.1) is 25.4 Å². The molecule has 0 bridgehead atoms. The highest BCUT2D eigenvalue weighted by Gasteiger charge is 2.47. The van der Waals surface area contributed by atoms with Crippen LogP contribution in [0.2, 0.25) is 0 Å². The Balaban J connectivity index is 2.60. The van der Waals surface area contributed by atoms with Crippen LogP contribution in [0.4, 0.5) is 0 Å². The Morgan fingerprint density at radius 2 is 0.825 bits per heavy atom. The molecule has 0 aromatic heterocycles. The first-order valence-electron chi connectivity index (χ1n) is 34.6. The molecule has 1 aliphatic heterocycles. The van der Waals surface area contributed by atoms with E-state index in [2.05, 4.69) is 38.2 Å². The van der Waals surface area contributed by atoms with E-state index in [0.29, 0.717) is 19.3 Å². The Morgan fingerprint density at radius 3 is 1.21 bits per heavy atom. The largest absolute Gasteiger partial charge is 0.454 e. The number of carbonyl (C=O) groups excluding carboxylic acids is 2. The van der Waals surface area contributed by atoms with Crippen molar-refractivity contribution in [2.24, 2.45) is 0 Å². The molecule has 1 fully saturated rings. The van der Waals surface area contributed by atoms with Gasteiger partial charge in [0.15, 0.2) is 12.4 Å². The minimum atomic E-state index is -1.61. The molecule has 472 valence electrons. The summed E-state index contributed by atoms with van der Waals surface area (Å²) in [5, 5.41) is 57.2. The maximum absolute atomic E-state index is 13.5. The zero-order valence-corrected chi connectivity index (χ0v) is 52.5. The number of nitrogens with one attached hydrogen (secondary N) is 1. The SMILES string of the molecule is CCCCCCCC/C=C/CCCCCCCCCCCCC(O)C(=O)NC(COC1OC(CO)C(O)C(O)C1OC(=O)CCCCCCCCCCCCCCCCCCCCC)C(O)/C=C/CCCCCCCCCCCC. The zero-order chi connectivity index (χ0) is 58.2. The lowest BCUT2D eigenvalue weighted by Gasteiger charge is -2.41. The van der Waals surface area contributed by atoms with Gasteiger partial charge in [0.25, 0.3) is 0 Å². The molecule has 0 saturated carbocycles. The summed E-state index contributed by atoms with van der Waals surface area (Å²) in [5.41, 5.74) is 0. The number of carbonyl (C=O) groups is 2. The standard InChI is InChI=1S/C69H131NO10/c1-4-7-10-13-16-19-22-25-27-29-31-33-34-36-38-41-44-47-50-53-56-62(73)68(77)70-60(61(72)55-52-49-46-43-40-24-21-18-15-12-9-6-3)59-78-69-67(66(76)65(75)63(58-71)79-69)80-64(74)57-54-51-48-45-42-39-37-35-32-30-28-26-23-20-17-14-11-8-5-2/h25,27,52,55,60-63,65-67,69,71-73,75-76H,4-24,26,28-51,53-54,56-59H2,1-3H3,(H,70,77)/b27-25+,55-52+. The number of allylic oxidation sites excluding steroid dienone is 3. The summed E-state index contributed by atoms with van der Waals surface area (Å²) in [4.78, 5) is 26.6. The Morgan fingerprint density at radius 1 is 0.475 bits per heavy atom. The normalized spacial score (nSPS) is 18.8. The van der Waals surface area contributed by atoms with Gasteiger partial charge in [-0.15, -0.1) is 0 Å². The van der Waals surface area contributed by atoms with Crippen molar-refractivity contribution in [3.63, 3.8) is 0 Å². The van der Waals surface area contributed by atoms with Crippen molar-refractivity contribution in [3.8, 4) is 0 Å². The van der Waals surface area contributed by atoms with Gasteiger partial charge < -0.3 is 45.1 Å². The van der Waals surface area contributed by atoms with Crippen LogP contribution < -0.4 is 5.32 Å².